The summed E-state index contributed by atoms with van der Waals surface area (Å²) in [6.07, 6.45) is 6.64. The molecule has 1 amide bonds. The Morgan fingerprint density at radius 1 is 1.48 bits per heavy atom. The van der Waals surface area contributed by atoms with Crippen molar-refractivity contribution in [2.75, 3.05) is 6.54 Å². The lowest BCUT2D eigenvalue weighted by Crippen LogP contribution is -2.33. The Morgan fingerprint density at radius 2 is 2.14 bits per heavy atom. The number of amides is 1. The molecule has 1 aromatic rings. The number of rotatable bonds is 6. The maximum Gasteiger partial charge on any atom is 0.254 e. The number of nitrogens with one attached hydrogen (secondary N) is 1. The lowest BCUT2D eigenvalue weighted by atomic mass is 10.1. The summed E-state index contributed by atoms with van der Waals surface area (Å²) in [6.45, 7) is 6.36. The van der Waals surface area contributed by atoms with Crippen LogP contribution in [0.3, 0.4) is 0 Å². The Labute approximate surface area is 126 Å². The van der Waals surface area contributed by atoms with E-state index in [1.54, 1.807) is 6.20 Å². The summed E-state index contributed by atoms with van der Waals surface area (Å²) in [5.74, 6) is 0.281. The topological polar surface area (TPSA) is 67.2 Å². The van der Waals surface area contributed by atoms with Gasteiger partial charge in [-0.25, -0.2) is 0 Å². The highest BCUT2D eigenvalue weighted by atomic mass is 16.3. The number of aliphatic hydroxyl groups is 1. The van der Waals surface area contributed by atoms with Crippen molar-refractivity contribution in [2.24, 2.45) is 5.92 Å². The maximum atomic E-state index is 12.2. The third-order valence-electron chi connectivity index (χ3n) is 4.20. The zero-order valence-corrected chi connectivity index (χ0v) is 13.3. The first-order valence-electron chi connectivity index (χ1n) is 7.99. The van der Waals surface area contributed by atoms with Crippen molar-refractivity contribution in [1.82, 2.24) is 15.1 Å². The Hall–Kier alpha value is -1.36. The predicted octanol–water partition coefficient (Wildman–Crippen LogP) is 2.44. The molecule has 0 saturated heterocycles. The van der Waals surface area contributed by atoms with Gasteiger partial charge in [-0.05, 0) is 32.1 Å². The zero-order valence-electron chi connectivity index (χ0n) is 13.3. The summed E-state index contributed by atoms with van der Waals surface area (Å²) < 4.78 is 1.99. The minimum absolute atomic E-state index is 0.139. The number of carbonyl (C=O) groups is 1. The fourth-order valence-electron chi connectivity index (χ4n) is 3.10. The lowest BCUT2D eigenvalue weighted by Gasteiger charge is -2.14. The average Bonchev–Trinajstić information content (AvgIpc) is 3.04. The normalized spacial score (nSPS) is 17.4. The standard InChI is InChI=1S/C16H27N3O2/c1-11(2)8-14(20)9-17-16(21)15-10-18-19(12(15)3)13-6-4-5-7-13/h10-11,13-14,20H,4-9H2,1-3H3,(H,17,21). The Bertz CT molecular complexity index is 476. The van der Waals surface area contributed by atoms with Crippen molar-refractivity contribution < 1.29 is 9.90 Å². The molecule has 1 aliphatic rings. The largest absolute Gasteiger partial charge is 0.391 e. The molecule has 2 N–H and O–H groups in total. The van der Waals surface area contributed by atoms with Crippen LogP contribution in [-0.4, -0.2) is 33.4 Å². The molecule has 1 fully saturated rings. The van der Waals surface area contributed by atoms with E-state index in [1.165, 1.54) is 12.8 Å². The number of carbonyl (C=O) groups excluding carboxylic acids is 1. The van der Waals surface area contributed by atoms with Crippen LogP contribution in [0.5, 0.6) is 0 Å². The SMILES string of the molecule is Cc1c(C(=O)NCC(O)CC(C)C)cnn1C1CCCC1. The van der Waals surface area contributed by atoms with Crippen molar-refractivity contribution in [3.63, 3.8) is 0 Å². The van der Waals surface area contributed by atoms with Gasteiger partial charge in [-0.2, -0.15) is 5.10 Å². The molecule has 0 radical (unpaired) electrons. The molecule has 0 spiro atoms. The first-order chi connectivity index (χ1) is 9.99. The average molecular weight is 293 g/mol. The second-order valence-electron chi connectivity index (χ2n) is 6.52. The summed E-state index contributed by atoms with van der Waals surface area (Å²) in [5, 5.41) is 17.0. The number of hydrogen-bond acceptors (Lipinski definition) is 3. The Morgan fingerprint density at radius 3 is 2.76 bits per heavy atom. The summed E-state index contributed by atoms with van der Waals surface area (Å²) in [7, 11) is 0. The Kier molecular flexibility index (Phi) is 5.39. The van der Waals surface area contributed by atoms with Gasteiger partial charge in [0.1, 0.15) is 0 Å². The van der Waals surface area contributed by atoms with Crippen molar-refractivity contribution in [3.05, 3.63) is 17.5 Å². The van der Waals surface area contributed by atoms with Crippen molar-refractivity contribution in [1.29, 1.82) is 0 Å². The molecule has 1 heterocycles. The van der Waals surface area contributed by atoms with Gasteiger partial charge in [-0.15, -0.1) is 0 Å². The predicted molar refractivity (Wildman–Crippen MR) is 82.3 cm³/mol. The van der Waals surface area contributed by atoms with E-state index in [0.29, 0.717) is 30.5 Å². The van der Waals surface area contributed by atoms with Gasteiger partial charge in [-0.1, -0.05) is 26.7 Å². The van der Waals surface area contributed by atoms with E-state index in [-0.39, 0.29) is 5.91 Å². The monoisotopic (exact) mass is 293 g/mol. The molecule has 118 valence electrons. The van der Waals surface area contributed by atoms with Crippen molar-refractivity contribution in [3.8, 4) is 0 Å². The third-order valence-corrected chi connectivity index (χ3v) is 4.20. The molecule has 1 aliphatic carbocycles. The van der Waals surface area contributed by atoms with Crippen LogP contribution in [0.15, 0.2) is 6.20 Å². The van der Waals surface area contributed by atoms with Gasteiger partial charge in [-0.3, -0.25) is 9.48 Å². The minimum atomic E-state index is -0.487. The van der Waals surface area contributed by atoms with Crippen LogP contribution in [0.1, 0.15) is 68.0 Å². The lowest BCUT2D eigenvalue weighted by molar-refractivity contribution is 0.0899. The quantitative estimate of drug-likeness (QED) is 0.846. The van der Waals surface area contributed by atoms with E-state index in [4.69, 9.17) is 0 Å². The second-order valence-corrected chi connectivity index (χ2v) is 6.52. The molecule has 5 nitrogen and oxygen atoms in total. The molecule has 1 unspecified atom stereocenters. The van der Waals surface area contributed by atoms with Crippen LogP contribution in [0, 0.1) is 12.8 Å². The number of aliphatic hydroxyl groups excluding tert-OH is 1. The molecule has 5 heteroatoms. The smallest absolute Gasteiger partial charge is 0.254 e. The fourth-order valence-corrected chi connectivity index (χ4v) is 3.10. The molecule has 1 aromatic heterocycles. The van der Waals surface area contributed by atoms with E-state index in [9.17, 15) is 9.90 Å². The van der Waals surface area contributed by atoms with Crippen LogP contribution in [0.4, 0.5) is 0 Å². The van der Waals surface area contributed by atoms with Crippen molar-refractivity contribution >= 4 is 5.91 Å². The van der Waals surface area contributed by atoms with Gasteiger partial charge < -0.3 is 10.4 Å². The van der Waals surface area contributed by atoms with Gasteiger partial charge in [0.25, 0.3) is 5.91 Å². The maximum absolute atomic E-state index is 12.2. The zero-order chi connectivity index (χ0) is 15.4. The van der Waals surface area contributed by atoms with Gasteiger partial charge in [0.05, 0.1) is 23.9 Å². The van der Waals surface area contributed by atoms with Crippen LogP contribution in [-0.2, 0) is 0 Å². The highest BCUT2D eigenvalue weighted by molar-refractivity contribution is 5.95. The van der Waals surface area contributed by atoms with Crippen LogP contribution in [0.2, 0.25) is 0 Å². The minimum Gasteiger partial charge on any atom is -0.391 e. The molecular weight excluding hydrogens is 266 g/mol. The highest BCUT2D eigenvalue weighted by Crippen LogP contribution is 2.30. The third kappa shape index (κ3) is 4.06. The van der Waals surface area contributed by atoms with Gasteiger partial charge in [0.15, 0.2) is 0 Å². The van der Waals surface area contributed by atoms with E-state index >= 15 is 0 Å². The van der Waals surface area contributed by atoms with E-state index < -0.39 is 6.10 Å². The molecule has 1 saturated carbocycles. The molecule has 2 rings (SSSR count). The molecular formula is C16H27N3O2. The van der Waals surface area contributed by atoms with E-state index in [2.05, 4.69) is 24.3 Å². The summed E-state index contributed by atoms with van der Waals surface area (Å²) in [5.41, 5.74) is 1.55. The number of hydrogen-bond donors (Lipinski definition) is 2. The van der Waals surface area contributed by atoms with Crippen LogP contribution >= 0.6 is 0 Å². The summed E-state index contributed by atoms with van der Waals surface area (Å²) in [4.78, 5) is 12.2. The highest BCUT2D eigenvalue weighted by Gasteiger charge is 2.22. The van der Waals surface area contributed by atoms with E-state index in [0.717, 1.165) is 18.5 Å². The molecule has 0 aromatic carbocycles. The Balaban J connectivity index is 1.93. The number of aromatic nitrogens is 2. The first kappa shape index (κ1) is 16.0. The molecule has 21 heavy (non-hydrogen) atoms. The molecule has 0 bridgehead atoms. The van der Waals surface area contributed by atoms with Gasteiger partial charge in [0, 0.05) is 12.2 Å². The first-order valence-corrected chi connectivity index (χ1v) is 7.99. The molecule has 1 atom stereocenters. The molecule has 0 aliphatic heterocycles. The van der Waals surface area contributed by atoms with Gasteiger partial charge >= 0.3 is 0 Å². The van der Waals surface area contributed by atoms with Crippen LogP contribution in [0.25, 0.3) is 0 Å². The second kappa shape index (κ2) is 7.07. The van der Waals surface area contributed by atoms with Crippen molar-refractivity contribution in [2.45, 2.75) is 65.0 Å². The summed E-state index contributed by atoms with van der Waals surface area (Å²) in [6, 6.07) is 0.443. The number of nitrogens with zero attached hydrogens (tertiary/aromatic N) is 2. The van der Waals surface area contributed by atoms with E-state index in [1.807, 2.05) is 11.6 Å². The fraction of sp³-hybridized carbons (Fsp3) is 0.750. The van der Waals surface area contributed by atoms with Crippen LogP contribution < -0.4 is 5.32 Å². The van der Waals surface area contributed by atoms with Gasteiger partial charge in [0.2, 0.25) is 0 Å². The summed E-state index contributed by atoms with van der Waals surface area (Å²) >= 11 is 0.